The Morgan fingerprint density at radius 2 is 1.95 bits per heavy atom. The van der Waals surface area contributed by atoms with Gasteiger partial charge in [0.15, 0.2) is 16.6 Å². The fraction of sp³-hybridized carbons (Fsp3) is 0.360. The highest BCUT2D eigenvalue weighted by atomic mass is 32.1. The van der Waals surface area contributed by atoms with Gasteiger partial charge in [0.2, 0.25) is 0 Å². The van der Waals surface area contributed by atoms with Crippen LogP contribution in [0.5, 0.6) is 5.75 Å². The quantitative estimate of drug-likeness (QED) is 0.313. The maximum absolute atomic E-state index is 5.94. The van der Waals surface area contributed by atoms with Gasteiger partial charge in [0.1, 0.15) is 23.6 Å². The predicted molar refractivity (Wildman–Crippen MR) is 144 cm³/mol. The number of hydrogen-bond acceptors (Lipinski definition) is 11. The number of thiazole rings is 1. The molecule has 1 aliphatic rings. The van der Waals surface area contributed by atoms with E-state index < -0.39 is 0 Å². The van der Waals surface area contributed by atoms with Crippen LogP contribution in [-0.4, -0.2) is 80.0 Å². The van der Waals surface area contributed by atoms with E-state index in [2.05, 4.69) is 35.4 Å². The zero-order chi connectivity index (χ0) is 25.2. The smallest absolute Gasteiger partial charge is 0.185 e. The van der Waals surface area contributed by atoms with Gasteiger partial charge in [-0.2, -0.15) is 9.61 Å². The average Bonchev–Trinajstić information content (AvgIpc) is 3.68. The number of anilines is 2. The first-order chi connectivity index (χ1) is 18.1. The van der Waals surface area contributed by atoms with Crippen LogP contribution in [0.4, 0.5) is 10.8 Å². The Morgan fingerprint density at radius 1 is 1.05 bits per heavy atom. The maximum Gasteiger partial charge on any atom is 0.185 e. The molecule has 6 heterocycles. The number of nitrogens with one attached hydrogen (secondary N) is 1. The molecule has 0 unspecified atom stereocenters. The molecule has 6 rings (SSSR count). The predicted octanol–water partition coefficient (Wildman–Crippen LogP) is 3.34. The van der Waals surface area contributed by atoms with Crippen molar-refractivity contribution in [2.45, 2.75) is 19.4 Å². The van der Waals surface area contributed by atoms with E-state index in [4.69, 9.17) is 9.84 Å². The molecule has 5 aromatic rings. The molecule has 0 amide bonds. The zero-order valence-corrected chi connectivity index (χ0v) is 21.6. The fourth-order valence-electron chi connectivity index (χ4n) is 4.37. The third-order valence-corrected chi connectivity index (χ3v) is 7.51. The first kappa shape index (κ1) is 23.5. The number of hydrogen-bond donors (Lipinski definition) is 1. The number of likely N-dealkylation sites (tertiary alicyclic amines) is 1. The van der Waals surface area contributed by atoms with E-state index in [9.17, 15) is 0 Å². The number of fused-ring (bicyclic) bond motifs is 2. The third kappa shape index (κ3) is 5.02. The molecule has 0 aliphatic carbocycles. The highest BCUT2D eigenvalue weighted by Gasteiger charge is 2.14. The summed E-state index contributed by atoms with van der Waals surface area (Å²) in [6, 6.07) is 7.71. The van der Waals surface area contributed by atoms with Crippen molar-refractivity contribution in [1.29, 1.82) is 0 Å². The normalized spacial score (nSPS) is 14.0. The third-order valence-electron chi connectivity index (χ3n) is 6.32. The molecule has 0 radical (unpaired) electrons. The SMILES string of the molecule is CN(C)c1ncc(-c2ccc3nnc(CNc4ccnc5cc(OCCN6CCCC6)cnc45)n3n2)s1. The topological polar surface area (TPSA) is 109 Å². The van der Waals surface area contributed by atoms with Gasteiger partial charge in [-0.1, -0.05) is 11.3 Å². The molecule has 37 heavy (non-hydrogen) atoms. The van der Waals surface area contributed by atoms with Crippen LogP contribution in [0, 0.1) is 0 Å². The summed E-state index contributed by atoms with van der Waals surface area (Å²) in [6.07, 6.45) is 7.93. The summed E-state index contributed by atoms with van der Waals surface area (Å²) < 4.78 is 7.71. The van der Waals surface area contributed by atoms with Gasteiger partial charge >= 0.3 is 0 Å². The lowest BCUT2D eigenvalue weighted by Gasteiger charge is -2.15. The second kappa shape index (κ2) is 10.2. The Morgan fingerprint density at radius 3 is 2.78 bits per heavy atom. The van der Waals surface area contributed by atoms with E-state index in [0.717, 1.165) is 57.8 Å². The van der Waals surface area contributed by atoms with Gasteiger partial charge in [-0.25, -0.2) is 9.97 Å². The second-order valence-electron chi connectivity index (χ2n) is 9.15. The van der Waals surface area contributed by atoms with Gasteiger partial charge in [0.05, 0.1) is 28.8 Å². The van der Waals surface area contributed by atoms with Crippen molar-refractivity contribution in [3.05, 3.63) is 48.7 Å². The van der Waals surface area contributed by atoms with E-state index in [-0.39, 0.29) is 0 Å². The van der Waals surface area contributed by atoms with Crippen molar-refractivity contribution in [3.63, 3.8) is 0 Å². The molecule has 0 spiro atoms. The molecule has 12 heteroatoms. The summed E-state index contributed by atoms with van der Waals surface area (Å²) in [4.78, 5) is 19.0. The molecule has 1 fully saturated rings. The van der Waals surface area contributed by atoms with Crippen molar-refractivity contribution in [2.24, 2.45) is 0 Å². The summed E-state index contributed by atoms with van der Waals surface area (Å²) in [5.41, 5.74) is 3.92. The van der Waals surface area contributed by atoms with Crippen LogP contribution in [0.1, 0.15) is 18.7 Å². The molecular formula is C25H28N10OS. The summed E-state index contributed by atoms with van der Waals surface area (Å²) in [6.45, 7) is 4.35. The largest absolute Gasteiger partial charge is 0.491 e. The lowest BCUT2D eigenvalue weighted by Crippen LogP contribution is -2.25. The van der Waals surface area contributed by atoms with Crippen LogP contribution >= 0.6 is 11.3 Å². The monoisotopic (exact) mass is 516 g/mol. The Bertz CT molecular complexity index is 1520. The van der Waals surface area contributed by atoms with E-state index in [1.54, 1.807) is 28.2 Å². The van der Waals surface area contributed by atoms with Gasteiger partial charge in [-0.05, 0) is 44.1 Å². The minimum Gasteiger partial charge on any atom is -0.491 e. The number of nitrogens with zero attached hydrogens (tertiary/aromatic N) is 9. The highest BCUT2D eigenvalue weighted by molar-refractivity contribution is 7.18. The van der Waals surface area contributed by atoms with Crippen molar-refractivity contribution in [3.8, 4) is 16.3 Å². The van der Waals surface area contributed by atoms with Crippen LogP contribution < -0.4 is 15.0 Å². The van der Waals surface area contributed by atoms with Crippen molar-refractivity contribution in [2.75, 3.05) is 50.6 Å². The first-order valence-corrected chi connectivity index (χ1v) is 13.1. The summed E-state index contributed by atoms with van der Waals surface area (Å²) in [7, 11) is 3.95. The molecule has 190 valence electrons. The summed E-state index contributed by atoms with van der Waals surface area (Å²) >= 11 is 1.59. The minimum atomic E-state index is 0.429. The van der Waals surface area contributed by atoms with Crippen LogP contribution in [0.2, 0.25) is 0 Å². The zero-order valence-electron chi connectivity index (χ0n) is 20.8. The number of ether oxygens (including phenoxy) is 1. The molecule has 0 atom stereocenters. The average molecular weight is 517 g/mol. The van der Waals surface area contributed by atoms with Gasteiger partial charge in [0, 0.05) is 39.1 Å². The van der Waals surface area contributed by atoms with Gasteiger partial charge < -0.3 is 15.0 Å². The van der Waals surface area contributed by atoms with Crippen LogP contribution in [0.25, 0.3) is 27.3 Å². The molecule has 1 N–H and O–H groups in total. The van der Waals surface area contributed by atoms with E-state index >= 15 is 0 Å². The molecule has 0 bridgehead atoms. The molecule has 0 saturated carbocycles. The van der Waals surface area contributed by atoms with Crippen LogP contribution in [0.15, 0.2) is 42.9 Å². The second-order valence-corrected chi connectivity index (χ2v) is 10.2. The maximum atomic E-state index is 5.94. The lowest BCUT2D eigenvalue weighted by molar-refractivity contribution is 0.237. The minimum absolute atomic E-state index is 0.429. The van der Waals surface area contributed by atoms with Crippen LogP contribution in [-0.2, 0) is 6.54 Å². The summed E-state index contributed by atoms with van der Waals surface area (Å²) in [5, 5.41) is 17.8. The van der Waals surface area contributed by atoms with E-state index in [1.165, 1.54) is 12.8 Å². The lowest BCUT2D eigenvalue weighted by atomic mass is 10.2. The molecule has 1 aliphatic heterocycles. The van der Waals surface area contributed by atoms with Crippen molar-refractivity contribution < 1.29 is 4.74 Å². The Kier molecular flexibility index (Phi) is 6.49. The molecule has 1 saturated heterocycles. The van der Waals surface area contributed by atoms with Gasteiger partial charge in [0.25, 0.3) is 0 Å². The number of pyridine rings is 2. The Labute approximate surface area is 218 Å². The standard InChI is InChI=1S/C25H28N10OS/c1-33(2)25-29-15-21(37-25)18-5-6-22-30-31-23(35(22)32-18)16-27-19-7-8-26-20-13-17(14-28-24(19)20)36-12-11-34-9-3-4-10-34/h5-8,13-15H,3-4,9-12,16H2,1-2H3,(H,26,27). The molecule has 0 aromatic carbocycles. The van der Waals surface area contributed by atoms with Gasteiger partial charge in [-0.15, -0.1) is 10.2 Å². The van der Waals surface area contributed by atoms with E-state index in [0.29, 0.717) is 24.6 Å². The molecule has 5 aromatic heterocycles. The van der Waals surface area contributed by atoms with Crippen LogP contribution in [0.3, 0.4) is 0 Å². The first-order valence-electron chi connectivity index (χ1n) is 12.3. The molecular weight excluding hydrogens is 488 g/mol. The van der Waals surface area contributed by atoms with E-state index in [1.807, 2.05) is 49.5 Å². The van der Waals surface area contributed by atoms with Crippen molar-refractivity contribution in [1.82, 2.24) is 39.7 Å². The highest BCUT2D eigenvalue weighted by Crippen LogP contribution is 2.29. The number of aromatic nitrogens is 7. The summed E-state index contributed by atoms with van der Waals surface area (Å²) in [5.74, 6) is 1.43. The number of rotatable bonds is 9. The Balaban J connectivity index is 1.17. The fourth-order valence-corrected chi connectivity index (χ4v) is 5.17. The molecule has 11 nitrogen and oxygen atoms in total. The Hall–Kier alpha value is -3.90. The van der Waals surface area contributed by atoms with Gasteiger partial charge in [-0.3, -0.25) is 9.88 Å². The van der Waals surface area contributed by atoms with Crippen molar-refractivity contribution >= 4 is 38.8 Å².